The molecule has 1 N–H and O–H groups in total. The number of ketones is 1. The fourth-order valence-electron chi connectivity index (χ4n) is 5.28. The number of aliphatic imine (C=N–C) groups is 1. The van der Waals surface area contributed by atoms with Crippen LogP contribution in [-0.4, -0.2) is 36.6 Å². The van der Waals surface area contributed by atoms with Crippen LogP contribution in [0.3, 0.4) is 0 Å². The number of benzene rings is 1. The van der Waals surface area contributed by atoms with E-state index in [1.54, 1.807) is 13.1 Å². The monoisotopic (exact) mass is 449 g/mol. The molecular formula is C27H35N3O3. The number of amides is 1. The van der Waals surface area contributed by atoms with Gasteiger partial charge in [0.25, 0.3) is 0 Å². The molecule has 0 radical (unpaired) electrons. The van der Waals surface area contributed by atoms with E-state index in [1.165, 1.54) is 6.42 Å². The van der Waals surface area contributed by atoms with E-state index < -0.39 is 11.5 Å². The van der Waals surface area contributed by atoms with E-state index in [1.807, 2.05) is 42.5 Å². The molecular weight excluding hydrogens is 414 g/mol. The van der Waals surface area contributed by atoms with Gasteiger partial charge >= 0.3 is 0 Å². The van der Waals surface area contributed by atoms with E-state index >= 15 is 0 Å². The summed E-state index contributed by atoms with van der Waals surface area (Å²) in [6.45, 7) is 4.27. The zero-order valence-corrected chi connectivity index (χ0v) is 19.8. The first kappa shape index (κ1) is 24.7. The average Bonchev–Trinajstić information content (AvgIpc) is 3.33. The van der Waals surface area contributed by atoms with Crippen molar-refractivity contribution in [3.05, 3.63) is 42.0 Å². The van der Waals surface area contributed by atoms with Gasteiger partial charge in [0.2, 0.25) is 5.91 Å². The van der Waals surface area contributed by atoms with Gasteiger partial charge in [0.1, 0.15) is 17.8 Å². The van der Waals surface area contributed by atoms with Crippen molar-refractivity contribution in [1.82, 2.24) is 5.32 Å². The van der Waals surface area contributed by atoms with Gasteiger partial charge in [-0.15, -0.1) is 0 Å². The summed E-state index contributed by atoms with van der Waals surface area (Å²) in [5, 5.41) is 11.8. The Morgan fingerprint density at radius 3 is 2.55 bits per heavy atom. The standard InChI is InChI=1S/C27H35N3O3/c1-3-4-19-33-23-13-11-21(12-14-23)24(26(32)29-18-16-28)25(22-9-6-5-7-10-22)27(20(2)31)15-8-17-30-27/h8,11-15,17,22,24-25H,3-7,9-10,18-19H2,1-2H3,(H,29,32). The molecule has 1 fully saturated rings. The summed E-state index contributed by atoms with van der Waals surface area (Å²) in [5.74, 6) is -0.270. The van der Waals surface area contributed by atoms with Crippen LogP contribution >= 0.6 is 0 Å². The van der Waals surface area contributed by atoms with Crippen molar-refractivity contribution in [2.45, 2.75) is 70.3 Å². The fourth-order valence-corrected chi connectivity index (χ4v) is 5.28. The van der Waals surface area contributed by atoms with E-state index in [2.05, 4.69) is 17.2 Å². The maximum Gasteiger partial charge on any atom is 0.228 e. The maximum atomic E-state index is 13.5. The lowest BCUT2D eigenvalue weighted by Gasteiger charge is -2.43. The predicted octanol–water partition coefficient (Wildman–Crippen LogP) is 4.75. The Bertz CT molecular complexity index is 896. The van der Waals surface area contributed by atoms with Crippen LogP contribution in [-0.2, 0) is 9.59 Å². The molecule has 0 bridgehead atoms. The summed E-state index contributed by atoms with van der Waals surface area (Å²) in [6.07, 6.45) is 12.6. The third-order valence-electron chi connectivity index (χ3n) is 6.94. The number of carbonyl (C=O) groups excluding carboxylic acids is 2. The zero-order chi connectivity index (χ0) is 23.7. The molecule has 33 heavy (non-hydrogen) atoms. The highest BCUT2D eigenvalue weighted by Gasteiger charge is 2.51. The molecule has 1 aromatic carbocycles. The fraction of sp³-hybridized carbons (Fsp3) is 0.556. The summed E-state index contributed by atoms with van der Waals surface area (Å²) < 4.78 is 5.81. The summed E-state index contributed by atoms with van der Waals surface area (Å²) in [5.41, 5.74) is -0.243. The van der Waals surface area contributed by atoms with Gasteiger partial charge in [-0.1, -0.05) is 57.6 Å². The Kier molecular flexibility index (Phi) is 8.82. The lowest BCUT2D eigenvalue weighted by Crippen LogP contribution is -2.50. The molecule has 176 valence electrons. The molecule has 3 rings (SSSR count). The average molecular weight is 450 g/mol. The summed E-state index contributed by atoms with van der Waals surface area (Å²) >= 11 is 0. The second-order valence-electron chi connectivity index (χ2n) is 9.07. The van der Waals surface area contributed by atoms with Gasteiger partial charge in [0, 0.05) is 12.1 Å². The Balaban J connectivity index is 2.04. The third kappa shape index (κ3) is 5.71. The Hall–Kier alpha value is -2.94. The van der Waals surface area contributed by atoms with Gasteiger partial charge in [-0.25, -0.2) is 0 Å². The van der Waals surface area contributed by atoms with Crippen molar-refractivity contribution in [1.29, 1.82) is 5.26 Å². The number of nitrogens with zero attached hydrogens (tertiary/aromatic N) is 2. The number of rotatable bonds is 11. The number of Topliss-reactive ketones (excluding diaryl/α,β-unsaturated/α-hetero) is 1. The van der Waals surface area contributed by atoms with E-state index in [0.29, 0.717) is 6.61 Å². The third-order valence-corrected chi connectivity index (χ3v) is 6.94. The maximum absolute atomic E-state index is 13.5. The lowest BCUT2D eigenvalue weighted by molar-refractivity contribution is -0.128. The molecule has 3 unspecified atom stereocenters. The Morgan fingerprint density at radius 2 is 1.97 bits per heavy atom. The number of allylic oxidation sites excluding steroid dienone is 1. The first-order valence-corrected chi connectivity index (χ1v) is 12.1. The molecule has 1 aromatic rings. The van der Waals surface area contributed by atoms with Crippen molar-refractivity contribution in [3.8, 4) is 11.8 Å². The predicted molar refractivity (Wildman–Crippen MR) is 129 cm³/mol. The minimum absolute atomic E-state index is 0.0549. The Labute approximate surface area is 197 Å². The first-order valence-electron chi connectivity index (χ1n) is 12.1. The van der Waals surface area contributed by atoms with Crippen LogP contribution in [0.1, 0.15) is 70.3 Å². The number of hydrogen-bond acceptors (Lipinski definition) is 5. The van der Waals surface area contributed by atoms with Crippen molar-refractivity contribution in [2.75, 3.05) is 13.2 Å². The van der Waals surface area contributed by atoms with Crippen LogP contribution in [0.15, 0.2) is 41.4 Å². The van der Waals surface area contributed by atoms with E-state index in [4.69, 9.17) is 10.00 Å². The molecule has 6 nitrogen and oxygen atoms in total. The molecule has 1 saturated carbocycles. The molecule has 1 heterocycles. The smallest absolute Gasteiger partial charge is 0.228 e. The normalized spacial score (nSPS) is 21.8. The van der Waals surface area contributed by atoms with Gasteiger partial charge in [-0.2, -0.15) is 5.26 Å². The molecule has 0 aromatic heterocycles. The minimum Gasteiger partial charge on any atom is -0.494 e. The highest BCUT2D eigenvalue weighted by atomic mass is 16.5. The van der Waals surface area contributed by atoms with Crippen molar-refractivity contribution in [2.24, 2.45) is 16.8 Å². The van der Waals surface area contributed by atoms with Gasteiger partial charge in [0.05, 0.1) is 18.6 Å². The highest BCUT2D eigenvalue weighted by Crippen LogP contribution is 2.48. The number of nitrogens with one attached hydrogen (secondary N) is 1. The van der Waals surface area contributed by atoms with E-state index in [0.717, 1.165) is 49.8 Å². The number of carbonyl (C=O) groups is 2. The van der Waals surface area contributed by atoms with Gasteiger partial charge in [-0.05, 0) is 49.1 Å². The van der Waals surface area contributed by atoms with Crippen molar-refractivity contribution in [3.63, 3.8) is 0 Å². The number of unbranched alkanes of at least 4 members (excludes halogenated alkanes) is 1. The second-order valence-corrected chi connectivity index (χ2v) is 9.07. The molecule has 1 amide bonds. The number of hydrogen-bond donors (Lipinski definition) is 1. The van der Waals surface area contributed by atoms with Crippen LogP contribution in [0.2, 0.25) is 0 Å². The van der Waals surface area contributed by atoms with Gasteiger partial charge in [-0.3, -0.25) is 14.6 Å². The summed E-state index contributed by atoms with van der Waals surface area (Å²) in [6, 6.07) is 9.62. The molecule has 6 heteroatoms. The zero-order valence-electron chi connectivity index (χ0n) is 19.8. The molecule has 1 aliphatic carbocycles. The van der Waals surface area contributed by atoms with Crippen LogP contribution < -0.4 is 10.1 Å². The molecule has 2 aliphatic rings. The van der Waals surface area contributed by atoms with Crippen LogP contribution in [0.25, 0.3) is 0 Å². The highest BCUT2D eigenvalue weighted by molar-refractivity contribution is 5.96. The first-order chi connectivity index (χ1) is 16.0. The van der Waals surface area contributed by atoms with E-state index in [-0.39, 0.29) is 30.1 Å². The van der Waals surface area contributed by atoms with Crippen molar-refractivity contribution >= 4 is 17.9 Å². The van der Waals surface area contributed by atoms with E-state index in [9.17, 15) is 9.59 Å². The van der Waals surface area contributed by atoms with Gasteiger partial charge in [0.15, 0.2) is 5.78 Å². The number of ether oxygens (including phenoxy) is 1. The topological polar surface area (TPSA) is 91.5 Å². The lowest BCUT2D eigenvalue weighted by atomic mass is 9.62. The van der Waals surface area contributed by atoms with Crippen LogP contribution in [0.4, 0.5) is 0 Å². The van der Waals surface area contributed by atoms with Crippen LogP contribution in [0.5, 0.6) is 5.75 Å². The molecule has 3 atom stereocenters. The molecule has 0 saturated heterocycles. The number of nitriles is 1. The van der Waals surface area contributed by atoms with Crippen molar-refractivity contribution < 1.29 is 14.3 Å². The largest absolute Gasteiger partial charge is 0.494 e. The molecule has 1 aliphatic heterocycles. The second kappa shape index (κ2) is 11.8. The van der Waals surface area contributed by atoms with Crippen LogP contribution in [0, 0.1) is 23.2 Å². The Morgan fingerprint density at radius 1 is 1.24 bits per heavy atom. The summed E-state index contributed by atoms with van der Waals surface area (Å²) in [7, 11) is 0. The van der Waals surface area contributed by atoms with Gasteiger partial charge < -0.3 is 10.1 Å². The SMILES string of the molecule is CCCCOc1ccc(C(C(=O)NCC#N)C(C2CCCCC2)C2(C(C)=O)C=CC=N2)cc1. The molecule has 0 spiro atoms. The quantitative estimate of drug-likeness (QED) is 0.390. The summed E-state index contributed by atoms with van der Waals surface area (Å²) in [4.78, 5) is 31.2. The minimum atomic E-state index is -1.06.